The summed E-state index contributed by atoms with van der Waals surface area (Å²) in [7, 11) is 0. The molecule has 2 saturated heterocycles. The second-order valence-corrected chi connectivity index (χ2v) is 6.55. The Labute approximate surface area is 138 Å². The molecule has 2 aromatic rings. The first-order valence-corrected chi connectivity index (χ1v) is 8.08. The topological polar surface area (TPSA) is 68.6 Å². The van der Waals surface area contributed by atoms with E-state index in [2.05, 4.69) is 0 Å². The smallest absolute Gasteiger partial charge is 0.311 e. The van der Waals surface area contributed by atoms with E-state index >= 15 is 0 Å². The highest BCUT2D eigenvalue weighted by Gasteiger charge is 2.45. The van der Waals surface area contributed by atoms with Crippen LogP contribution >= 0.6 is 0 Å². The van der Waals surface area contributed by atoms with Gasteiger partial charge in [0, 0.05) is 36.2 Å². The Balaban J connectivity index is 1.62. The van der Waals surface area contributed by atoms with Crippen LogP contribution in [-0.4, -0.2) is 41.0 Å². The quantitative estimate of drug-likeness (QED) is 0.770. The normalized spacial score (nSPS) is 22.7. The van der Waals surface area contributed by atoms with E-state index in [1.54, 1.807) is 17.0 Å². The SMILES string of the molecule is Cc1cc(=O)c2ccccc2n1CC(=O)N1C[C@@H]2COC(=O)[C@@H]2C1. The molecule has 1 amide bonds. The van der Waals surface area contributed by atoms with Gasteiger partial charge in [0.25, 0.3) is 0 Å². The molecule has 0 saturated carbocycles. The summed E-state index contributed by atoms with van der Waals surface area (Å²) in [6, 6.07) is 8.87. The summed E-state index contributed by atoms with van der Waals surface area (Å²) in [6.07, 6.45) is 0. The zero-order chi connectivity index (χ0) is 16.8. The number of hydrogen-bond acceptors (Lipinski definition) is 4. The summed E-state index contributed by atoms with van der Waals surface area (Å²) in [5.41, 5.74) is 1.48. The predicted octanol–water partition coefficient (Wildman–Crippen LogP) is 0.941. The molecule has 2 aliphatic heterocycles. The lowest BCUT2D eigenvalue weighted by Gasteiger charge is -2.20. The van der Waals surface area contributed by atoms with E-state index in [0.29, 0.717) is 25.1 Å². The molecule has 1 aromatic carbocycles. The van der Waals surface area contributed by atoms with Crippen molar-refractivity contribution in [2.75, 3.05) is 19.7 Å². The number of ether oxygens (including phenoxy) is 1. The average molecular weight is 326 g/mol. The van der Waals surface area contributed by atoms with Gasteiger partial charge in [-0.1, -0.05) is 12.1 Å². The van der Waals surface area contributed by atoms with Crippen LogP contribution in [0.25, 0.3) is 10.9 Å². The van der Waals surface area contributed by atoms with Gasteiger partial charge in [0.2, 0.25) is 5.91 Å². The number of likely N-dealkylation sites (tertiary alicyclic amines) is 1. The van der Waals surface area contributed by atoms with Crippen molar-refractivity contribution < 1.29 is 14.3 Å². The first-order chi connectivity index (χ1) is 11.5. The highest BCUT2D eigenvalue weighted by molar-refractivity contribution is 5.84. The third-order valence-corrected chi connectivity index (χ3v) is 5.06. The molecular formula is C18H18N2O4. The minimum absolute atomic E-state index is 0.0332. The van der Waals surface area contributed by atoms with Crippen molar-refractivity contribution in [1.29, 1.82) is 0 Å². The molecule has 0 aliphatic carbocycles. The molecule has 1 aromatic heterocycles. The molecule has 24 heavy (non-hydrogen) atoms. The fraction of sp³-hybridized carbons (Fsp3) is 0.389. The molecule has 2 fully saturated rings. The van der Waals surface area contributed by atoms with E-state index in [-0.39, 0.29) is 35.7 Å². The molecule has 6 nitrogen and oxygen atoms in total. The van der Waals surface area contributed by atoms with E-state index in [9.17, 15) is 14.4 Å². The Kier molecular flexibility index (Phi) is 3.40. The van der Waals surface area contributed by atoms with Gasteiger partial charge in [0.15, 0.2) is 5.43 Å². The van der Waals surface area contributed by atoms with Crippen LogP contribution in [0.1, 0.15) is 5.69 Å². The molecular weight excluding hydrogens is 308 g/mol. The largest absolute Gasteiger partial charge is 0.465 e. The van der Waals surface area contributed by atoms with Crippen molar-refractivity contribution in [2.24, 2.45) is 11.8 Å². The molecule has 0 radical (unpaired) electrons. The van der Waals surface area contributed by atoms with Crippen molar-refractivity contribution in [3.63, 3.8) is 0 Å². The number of para-hydroxylation sites is 1. The third kappa shape index (κ3) is 2.29. The summed E-state index contributed by atoms with van der Waals surface area (Å²) in [6.45, 7) is 3.40. The molecule has 4 rings (SSSR count). The maximum Gasteiger partial charge on any atom is 0.311 e. The lowest BCUT2D eigenvalue weighted by molar-refractivity contribution is -0.142. The highest BCUT2D eigenvalue weighted by atomic mass is 16.5. The van der Waals surface area contributed by atoms with Crippen molar-refractivity contribution in [2.45, 2.75) is 13.5 Å². The van der Waals surface area contributed by atoms with Crippen LogP contribution in [0.5, 0.6) is 0 Å². The number of esters is 1. The van der Waals surface area contributed by atoms with E-state index in [0.717, 1.165) is 11.2 Å². The van der Waals surface area contributed by atoms with Gasteiger partial charge in [0.1, 0.15) is 6.54 Å². The summed E-state index contributed by atoms with van der Waals surface area (Å²) >= 11 is 0. The number of aryl methyl sites for hydroxylation is 1. The number of carbonyl (C=O) groups is 2. The van der Waals surface area contributed by atoms with Crippen molar-refractivity contribution in [1.82, 2.24) is 9.47 Å². The van der Waals surface area contributed by atoms with Crippen molar-refractivity contribution in [3.05, 3.63) is 46.2 Å². The first kappa shape index (κ1) is 14.9. The fourth-order valence-electron chi connectivity index (χ4n) is 3.70. The van der Waals surface area contributed by atoms with E-state index in [1.165, 1.54) is 0 Å². The number of nitrogens with zero attached hydrogens (tertiary/aromatic N) is 2. The molecule has 0 unspecified atom stereocenters. The van der Waals surface area contributed by atoms with Crippen LogP contribution < -0.4 is 5.43 Å². The monoisotopic (exact) mass is 326 g/mol. The van der Waals surface area contributed by atoms with Crippen LogP contribution in [0.2, 0.25) is 0 Å². The third-order valence-electron chi connectivity index (χ3n) is 5.06. The number of rotatable bonds is 2. The lowest BCUT2D eigenvalue weighted by Crippen LogP contribution is -2.34. The number of hydrogen-bond donors (Lipinski definition) is 0. The zero-order valence-electron chi connectivity index (χ0n) is 13.4. The maximum atomic E-state index is 12.7. The number of amides is 1. The van der Waals surface area contributed by atoms with Crippen molar-refractivity contribution in [3.8, 4) is 0 Å². The second kappa shape index (κ2) is 5.47. The van der Waals surface area contributed by atoms with E-state index in [1.807, 2.05) is 29.7 Å². The minimum atomic E-state index is -0.194. The summed E-state index contributed by atoms with van der Waals surface area (Å²) in [5.74, 6) is -0.288. The molecule has 2 atom stereocenters. The van der Waals surface area contributed by atoms with Gasteiger partial charge in [-0.15, -0.1) is 0 Å². The number of aromatic nitrogens is 1. The van der Waals surface area contributed by atoms with Crippen LogP contribution in [0, 0.1) is 18.8 Å². The fourth-order valence-corrected chi connectivity index (χ4v) is 3.70. The molecule has 0 spiro atoms. The Bertz CT molecular complexity index is 902. The predicted molar refractivity (Wildman–Crippen MR) is 87.5 cm³/mol. The minimum Gasteiger partial charge on any atom is -0.465 e. The number of carbonyl (C=O) groups excluding carboxylic acids is 2. The van der Waals surface area contributed by atoms with Gasteiger partial charge in [-0.25, -0.2) is 0 Å². The van der Waals surface area contributed by atoms with Crippen LogP contribution in [0.4, 0.5) is 0 Å². The van der Waals surface area contributed by atoms with Gasteiger partial charge in [-0.3, -0.25) is 14.4 Å². The second-order valence-electron chi connectivity index (χ2n) is 6.55. The van der Waals surface area contributed by atoms with Gasteiger partial charge in [-0.05, 0) is 19.1 Å². The summed E-state index contributed by atoms with van der Waals surface area (Å²) < 4.78 is 6.91. The molecule has 2 aliphatic rings. The highest BCUT2D eigenvalue weighted by Crippen LogP contribution is 2.30. The lowest BCUT2D eigenvalue weighted by atomic mass is 10.0. The van der Waals surface area contributed by atoms with E-state index < -0.39 is 0 Å². The van der Waals surface area contributed by atoms with Gasteiger partial charge in [-0.2, -0.15) is 0 Å². The van der Waals surface area contributed by atoms with Crippen LogP contribution in [0.3, 0.4) is 0 Å². The molecule has 0 bridgehead atoms. The molecule has 124 valence electrons. The Hall–Kier alpha value is -2.63. The Morgan fingerprint density at radius 2 is 2.04 bits per heavy atom. The van der Waals surface area contributed by atoms with Gasteiger partial charge >= 0.3 is 5.97 Å². The van der Waals surface area contributed by atoms with Crippen LogP contribution in [-0.2, 0) is 20.9 Å². The Morgan fingerprint density at radius 1 is 1.25 bits per heavy atom. The van der Waals surface area contributed by atoms with Crippen LogP contribution in [0.15, 0.2) is 35.1 Å². The first-order valence-electron chi connectivity index (χ1n) is 8.08. The maximum absolute atomic E-state index is 12.7. The zero-order valence-corrected chi connectivity index (χ0v) is 13.4. The number of pyridine rings is 1. The van der Waals surface area contributed by atoms with E-state index in [4.69, 9.17) is 4.74 Å². The Morgan fingerprint density at radius 3 is 2.83 bits per heavy atom. The van der Waals surface area contributed by atoms with Gasteiger partial charge < -0.3 is 14.2 Å². The summed E-state index contributed by atoms with van der Waals surface area (Å²) in [4.78, 5) is 38.2. The number of benzene rings is 1. The summed E-state index contributed by atoms with van der Waals surface area (Å²) in [5, 5.41) is 0.609. The molecule has 3 heterocycles. The number of cyclic esters (lactones) is 1. The number of fused-ring (bicyclic) bond motifs is 2. The average Bonchev–Trinajstić information content (AvgIpc) is 3.14. The standard InChI is InChI=1S/C18H18N2O4/c1-11-6-16(21)13-4-2-3-5-15(13)20(11)9-17(22)19-7-12-10-24-18(23)14(12)8-19/h2-6,12,14H,7-10H2,1H3/t12-,14-/m1/s1. The molecule has 6 heteroatoms. The molecule has 0 N–H and O–H groups in total. The van der Waals surface area contributed by atoms with Crippen molar-refractivity contribution >= 4 is 22.8 Å². The van der Waals surface area contributed by atoms with Gasteiger partial charge in [0.05, 0.1) is 18.0 Å².